The van der Waals surface area contributed by atoms with Crippen molar-refractivity contribution in [3.63, 3.8) is 0 Å². The van der Waals surface area contributed by atoms with E-state index in [9.17, 15) is 9.59 Å². The Labute approximate surface area is 96.3 Å². The minimum atomic E-state index is -0.295. The van der Waals surface area contributed by atoms with Gasteiger partial charge in [0.25, 0.3) is 0 Å². The first-order valence-corrected chi connectivity index (χ1v) is 5.55. The lowest BCUT2D eigenvalue weighted by Crippen LogP contribution is -2.47. The van der Waals surface area contributed by atoms with Crippen molar-refractivity contribution in [1.29, 1.82) is 0 Å². The molecule has 5 heteroatoms. The third kappa shape index (κ3) is 2.72. The first kappa shape index (κ1) is 13.0. The third-order valence-corrected chi connectivity index (χ3v) is 3.00. The molecule has 0 aromatic heterocycles. The molecule has 0 spiro atoms. The summed E-state index contributed by atoms with van der Waals surface area (Å²) < 4.78 is 4.65. The van der Waals surface area contributed by atoms with E-state index in [1.54, 1.807) is 11.9 Å². The Balaban J connectivity index is 2.71. The summed E-state index contributed by atoms with van der Waals surface area (Å²) in [7, 11) is 3.16. The number of carbonyl (C=O) groups is 2. The van der Waals surface area contributed by atoms with Crippen LogP contribution < -0.4 is 0 Å². The minimum Gasteiger partial charge on any atom is -0.468 e. The van der Waals surface area contributed by atoms with Crippen molar-refractivity contribution in [3.8, 4) is 0 Å². The summed E-state index contributed by atoms with van der Waals surface area (Å²) in [6.45, 7) is 4.90. The van der Waals surface area contributed by atoms with Gasteiger partial charge < -0.3 is 9.64 Å². The third-order valence-electron chi connectivity index (χ3n) is 3.00. The Morgan fingerprint density at radius 3 is 2.62 bits per heavy atom. The smallest absolute Gasteiger partial charge is 0.319 e. The van der Waals surface area contributed by atoms with Crippen LogP contribution in [-0.4, -0.2) is 61.0 Å². The maximum Gasteiger partial charge on any atom is 0.319 e. The summed E-state index contributed by atoms with van der Waals surface area (Å²) in [4.78, 5) is 26.7. The van der Waals surface area contributed by atoms with E-state index in [0.29, 0.717) is 0 Å². The normalized spacial score (nSPS) is 21.0. The van der Waals surface area contributed by atoms with Gasteiger partial charge in [-0.2, -0.15) is 0 Å². The maximum absolute atomic E-state index is 11.9. The van der Waals surface area contributed by atoms with Crippen molar-refractivity contribution in [3.05, 3.63) is 0 Å². The van der Waals surface area contributed by atoms with Crippen molar-refractivity contribution in [2.45, 2.75) is 32.4 Å². The van der Waals surface area contributed by atoms with Gasteiger partial charge in [0.1, 0.15) is 0 Å². The molecule has 92 valence electrons. The van der Waals surface area contributed by atoms with Gasteiger partial charge in [0.15, 0.2) is 0 Å². The average molecular weight is 228 g/mol. The highest BCUT2D eigenvalue weighted by Gasteiger charge is 2.36. The molecular weight excluding hydrogens is 208 g/mol. The van der Waals surface area contributed by atoms with E-state index in [1.807, 2.05) is 18.7 Å². The van der Waals surface area contributed by atoms with E-state index in [4.69, 9.17) is 0 Å². The number of rotatable bonds is 4. The van der Waals surface area contributed by atoms with Gasteiger partial charge in [0.05, 0.1) is 19.7 Å². The first-order chi connectivity index (χ1) is 7.47. The predicted octanol–water partition coefficient (Wildman–Crippen LogP) is 0.100. The predicted molar refractivity (Wildman–Crippen MR) is 59.9 cm³/mol. The Bertz CT molecular complexity index is 278. The SMILES string of the molecule is COC(=O)CN(C(C)C)C1CCN(C)C1=O. The highest BCUT2D eigenvalue weighted by atomic mass is 16.5. The van der Waals surface area contributed by atoms with Gasteiger partial charge in [0.2, 0.25) is 5.91 Å². The molecule has 1 aliphatic heterocycles. The van der Waals surface area contributed by atoms with Crippen molar-refractivity contribution in [2.75, 3.05) is 27.2 Å². The highest BCUT2D eigenvalue weighted by Crippen LogP contribution is 2.18. The number of hydrogen-bond donors (Lipinski definition) is 0. The number of nitrogens with zero attached hydrogens (tertiary/aromatic N) is 2. The summed E-state index contributed by atoms with van der Waals surface area (Å²) in [5.74, 6) is -0.200. The van der Waals surface area contributed by atoms with Crippen LogP contribution in [0.3, 0.4) is 0 Å². The Kier molecular flexibility index (Phi) is 4.29. The molecule has 1 unspecified atom stereocenters. The van der Waals surface area contributed by atoms with Crippen LogP contribution in [0, 0.1) is 0 Å². The molecule has 1 atom stereocenters. The molecule has 1 fully saturated rings. The van der Waals surface area contributed by atoms with Gasteiger partial charge in [-0.15, -0.1) is 0 Å². The molecule has 0 N–H and O–H groups in total. The van der Waals surface area contributed by atoms with Gasteiger partial charge in [-0.25, -0.2) is 0 Å². The van der Waals surface area contributed by atoms with Crippen molar-refractivity contribution in [2.24, 2.45) is 0 Å². The molecule has 1 amide bonds. The van der Waals surface area contributed by atoms with Gasteiger partial charge in [-0.3, -0.25) is 14.5 Å². The van der Waals surface area contributed by atoms with Crippen LogP contribution in [0.4, 0.5) is 0 Å². The van der Waals surface area contributed by atoms with Crippen LogP contribution in [-0.2, 0) is 14.3 Å². The fraction of sp³-hybridized carbons (Fsp3) is 0.818. The van der Waals surface area contributed by atoms with E-state index in [0.717, 1.165) is 13.0 Å². The van der Waals surface area contributed by atoms with Gasteiger partial charge in [0, 0.05) is 19.6 Å². The van der Waals surface area contributed by atoms with E-state index in [1.165, 1.54) is 7.11 Å². The molecule has 5 nitrogen and oxygen atoms in total. The molecule has 0 aromatic rings. The van der Waals surface area contributed by atoms with Crippen LogP contribution in [0.1, 0.15) is 20.3 Å². The Morgan fingerprint density at radius 1 is 1.62 bits per heavy atom. The lowest BCUT2D eigenvalue weighted by atomic mass is 10.1. The number of hydrogen-bond acceptors (Lipinski definition) is 4. The number of carbonyl (C=O) groups excluding carboxylic acids is 2. The number of amides is 1. The van der Waals surface area contributed by atoms with Gasteiger partial charge in [-0.05, 0) is 20.3 Å². The Hall–Kier alpha value is -1.10. The van der Waals surface area contributed by atoms with E-state index >= 15 is 0 Å². The second-order valence-corrected chi connectivity index (χ2v) is 4.41. The molecule has 0 saturated carbocycles. The zero-order valence-corrected chi connectivity index (χ0v) is 10.4. The maximum atomic E-state index is 11.9. The van der Waals surface area contributed by atoms with Gasteiger partial charge in [-0.1, -0.05) is 0 Å². The van der Waals surface area contributed by atoms with Crippen LogP contribution in [0.5, 0.6) is 0 Å². The first-order valence-electron chi connectivity index (χ1n) is 5.55. The highest BCUT2D eigenvalue weighted by molar-refractivity contribution is 5.84. The standard InChI is InChI=1S/C11H20N2O3/c1-8(2)13(7-10(14)16-4)9-5-6-12(3)11(9)15/h8-9H,5-7H2,1-4H3. The topological polar surface area (TPSA) is 49.9 Å². The average Bonchev–Trinajstić information content (AvgIpc) is 2.56. The second-order valence-electron chi connectivity index (χ2n) is 4.41. The zero-order valence-electron chi connectivity index (χ0n) is 10.4. The fourth-order valence-electron chi connectivity index (χ4n) is 1.98. The summed E-state index contributed by atoms with van der Waals surface area (Å²) in [5, 5.41) is 0. The Morgan fingerprint density at radius 2 is 2.25 bits per heavy atom. The summed E-state index contributed by atoms with van der Waals surface area (Å²) in [5.41, 5.74) is 0. The quantitative estimate of drug-likeness (QED) is 0.640. The van der Waals surface area contributed by atoms with Crippen molar-refractivity contribution in [1.82, 2.24) is 9.80 Å². The summed E-state index contributed by atoms with van der Waals surface area (Å²) >= 11 is 0. The van der Waals surface area contributed by atoms with Crippen LogP contribution in [0.15, 0.2) is 0 Å². The van der Waals surface area contributed by atoms with Crippen LogP contribution in [0.25, 0.3) is 0 Å². The minimum absolute atomic E-state index is 0.0950. The lowest BCUT2D eigenvalue weighted by molar-refractivity contribution is -0.144. The monoisotopic (exact) mass is 228 g/mol. The number of ether oxygens (including phenoxy) is 1. The molecule has 1 rings (SSSR count). The lowest BCUT2D eigenvalue weighted by Gasteiger charge is -2.29. The molecule has 0 bridgehead atoms. The second kappa shape index (κ2) is 5.30. The molecule has 1 aliphatic rings. The number of likely N-dealkylation sites (tertiary alicyclic amines) is 1. The van der Waals surface area contributed by atoms with Crippen molar-refractivity contribution < 1.29 is 14.3 Å². The summed E-state index contributed by atoms with van der Waals surface area (Å²) in [6, 6.07) is -0.0244. The molecule has 0 radical (unpaired) electrons. The van der Waals surface area contributed by atoms with Crippen LogP contribution in [0.2, 0.25) is 0 Å². The largest absolute Gasteiger partial charge is 0.468 e. The molecule has 0 aliphatic carbocycles. The zero-order chi connectivity index (χ0) is 12.3. The number of methoxy groups -OCH3 is 1. The molecule has 0 aromatic carbocycles. The number of likely N-dealkylation sites (N-methyl/N-ethyl adjacent to an activating group) is 1. The summed E-state index contributed by atoms with van der Waals surface area (Å²) in [6.07, 6.45) is 0.782. The fourth-order valence-corrected chi connectivity index (χ4v) is 1.98. The van der Waals surface area contributed by atoms with E-state index in [-0.39, 0.29) is 30.5 Å². The molecular formula is C11H20N2O3. The molecule has 1 heterocycles. The van der Waals surface area contributed by atoms with Gasteiger partial charge >= 0.3 is 5.97 Å². The van der Waals surface area contributed by atoms with Crippen LogP contribution >= 0.6 is 0 Å². The van der Waals surface area contributed by atoms with Crippen molar-refractivity contribution >= 4 is 11.9 Å². The number of esters is 1. The molecule has 16 heavy (non-hydrogen) atoms. The van der Waals surface area contributed by atoms with E-state index < -0.39 is 0 Å². The van der Waals surface area contributed by atoms with E-state index in [2.05, 4.69) is 4.74 Å². The molecule has 1 saturated heterocycles.